The number of benzene rings is 1. The van der Waals surface area contributed by atoms with E-state index in [-0.39, 0.29) is 11.7 Å². The number of hydrogen-bond donors (Lipinski definition) is 0. The molecule has 0 bridgehead atoms. The molecule has 0 saturated carbocycles. The Kier molecular flexibility index (Phi) is 4.69. The van der Waals surface area contributed by atoms with E-state index >= 15 is 0 Å². The van der Waals surface area contributed by atoms with Crippen molar-refractivity contribution in [1.29, 1.82) is 0 Å². The fourth-order valence-corrected chi connectivity index (χ4v) is 3.38. The van der Waals surface area contributed by atoms with E-state index in [1.165, 1.54) is 24.3 Å². The number of carbonyl (C=O) groups excluding carboxylic acids is 1. The smallest absolute Gasteiger partial charge is 0.238 e. The molecule has 3 nitrogen and oxygen atoms in total. The maximum absolute atomic E-state index is 12.8. The lowest BCUT2D eigenvalue weighted by Gasteiger charge is -2.28. The molecular weight excluding hydrogens is 265 g/mol. The van der Waals surface area contributed by atoms with Gasteiger partial charge >= 0.3 is 0 Å². The van der Waals surface area contributed by atoms with Crippen LogP contribution >= 0.6 is 0 Å². The van der Waals surface area contributed by atoms with Crippen molar-refractivity contribution < 1.29 is 13.4 Å². The molecule has 1 aromatic carbocycles. The molecule has 104 valence electrons. The number of halogens is 1. The Morgan fingerprint density at radius 3 is 2.37 bits per heavy atom. The van der Waals surface area contributed by atoms with Crippen molar-refractivity contribution in [2.24, 2.45) is 0 Å². The number of amides is 1. The highest BCUT2D eigenvalue weighted by Gasteiger charge is 2.27. The molecule has 1 heterocycles. The lowest BCUT2D eigenvalue weighted by Crippen LogP contribution is -2.42. The molecule has 5 heteroatoms. The van der Waals surface area contributed by atoms with Gasteiger partial charge in [0.1, 0.15) is 11.1 Å². The molecule has 1 fully saturated rings. The number of carbonyl (C=O) groups is 1. The molecule has 0 aromatic heterocycles. The SMILES string of the molecule is CC(C(=O)N1CCCCC1)S(=O)c1ccc(F)cc1. The van der Waals surface area contributed by atoms with Crippen LogP contribution in [0.4, 0.5) is 4.39 Å². The van der Waals surface area contributed by atoms with Gasteiger partial charge in [-0.3, -0.25) is 9.00 Å². The Morgan fingerprint density at radius 1 is 1.21 bits per heavy atom. The van der Waals surface area contributed by atoms with Crippen molar-refractivity contribution in [3.63, 3.8) is 0 Å². The lowest BCUT2D eigenvalue weighted by atomic mass is 10.1. The summed E-state index contributed by atoms with van der Waals surface area (Å²) < 4.78 is 25.1. The van der Waals surface area contributed by atoms with Crippen molar-refractivity contribution in [2.45, 2.75) is 36.3 Å². The highest BCUT2D eigenvalue weighted by Crippen LogP contribution is 2.16. The molecule has 1 amide bonds. The summed E-state index contributed by atoms with van der Waals surface area (Å²) in [5, 5.41) is -0.580. The van der Waals surface area contributed by atoms with Crippen LogP contribution in [0.25, 0.3) is 0 Å². The van der Waals surface area contributed by atoms with Gasteiger partial charge in [0, 0.05) is 18.0 Å². The van der Waals surface area contributed by atoms with Crippen LogP contribution in [0.15, 0.2) is 29.2 Å². The van der Waals surface area contributed by atoms with Gasteiger partial charge in [0.05, 0.1) is 10.8 Å². The minimum absolute atomic E-state index is 0.0673. The van der Waals surface area contributed by atoms with Crippen molar-refractivity contribution in [3.05, 3.63) is 30.1 Å². The Bertz CT molecular complexity index is 469. The van der Waals surface area contributed by atoms with E-state index in [9.17, 15) is 13.4 Å². The van der Waals surface area contributed by atoms with Gasteiger partial charge in [-0.15, -0.1) is 0 Å². The van der Waals surface area contributed by atoms with E-state index in [1.54, 1.807) is 11.8 Å². The van der Waals surface area contributed by atoms with Crippen LogP contribution in [0.3, 0.4) is 0 Å². The van der Waals surface area contributed by atoms with Gasteiger partial charge in [0.25, 0.3) is 0 Å². The molecule has 1 aliphatic rings. The molecule has 0 aliphatic carbocycles. The monoisotopic (exact) mass is 283 g/mol. The number of rotatable bonds is 3. The Morgan fingerprint density at radius 2 is 1.79 bits per heavy atom. The summed E-state index contributed by atoms with van der Waals surface area (Å²) in [7, 11) is -1.43. The van der Waals surface area contributed by atoms with Crippen LogP contribution in [0, 0.1) is 5.82 Å². The summed E-state index contributed by atoms with van der Waals surface area (Å²) in [6.07, 6.45) is 3.18. The van der Waals surface area contributed by atoms with E-state index in [1.807, 2.05) is 0 Å². The first kappa shape index (κ1) is 14.2. The average molecular weight is 283 g/mol. The van der Waals surface area contributed by atoms with Gasteiger partial charge in [-0.25, -0.2) is 4.39 Å². The van der Waals surface area contributed by atoms with E-state index in [0.717, 1.165) is 32.4 Å². The largest absolute Gasteiger partial charge is 0.342 e. The van der Waals surface area contributed by atoms with E-state index in [0.29, 0.717) is 4.90 Å². The Labute approximate surface area is 115 Å². The average Bonchev–Trinajstić information content (AvgIpc) is 2.46. The van der Waals surface area contributed by atoms with E-state index < -0.39 is 16.0 Å². The van der Waals surface area contributed by atoms with Crippen LogP contribution < -0.4 is 0 Å². The number of piperidine rings is 1. The van der Waals surface area contributed by atoms with Gasteiger partial charge in [0.2, 0.25) is 5.91 Å². The standard InChI is InChI=1S/C14H18FNO2S/c1-11(14(17)16-9-3-2-4-10-16)19(18)13-7-5-12(15)6-8-13/h5-8,11H,2-4,9-10H2,1H3. The third-order valence-corrected chi connectivity index (χ3v) is 4.96. The maximum Gasteiger partial charge on any atom is 0.238 e. The number of hydrogen-bond acceptors (Lipinski definition) is 2. The van der Waals surface area contributed by atoms with Crippen LogP contribution in [0.1, 0.15) is 26.2 Å². The fourth-order valence-electron chi connectivity index (χ4n) is 2.24. The molecular formula is C14H18FNO2S. The van der Waals surface area contributed by atoms with Gasteiger partial charge in [-0.2, -0.15) is 0 Å². The predicted octanol–water partition coefficient (Wildman–Crippen LogP) is 2.33. The Hall–Kier alpha value is -1.23. The quantitative estimate of drug-likeness (QED) is 0.854. The summed E-state index contributed by atoms with van der Waals surface area (Å²) >= 11 is 0. The number of nitrogens with zero attached hydrogens (tertiary/aromatic N) is 1. The molecule has 1 saturated heterocycles. The van der Waals surface area contributed by atoms with Crippen LogP contribution in [-0.2, 0) is 15.6 Å². The molecule has 19 heavy (non-hydrogen) atoms. The maximum atomic E-state index is 12.8. The third-order valence-electron chi connectivity index (χ3n) is 3.38. The van der Waals surface area contributed by atoms with Gasteiger partial charge in [0.15, 0.2) is 0 Å². The second-order valence-corrected chi connectivity index (χ2v) is 6.55. The fraction of sp³-hybridized carbons (Fsp3) is 0.500. The second kappa shape index (κ2) is 6.28. The molecule has 2 rings (SSSR count). The number of likely N-dealkylation sites (tertiary alicyclic amines) is 1. The molecule has 1 aliphatic heterocycles. The summed E-state index contributed by atoms with van der Waals surface area (Å²) in [4.78, 5) is 14.5. The van der Waals surface area contributed by atoms with Gasteiger partial charge in [-0.05, 0) is 50.5 Å². The first-order chi connectivity index (χ1) is 9.09. The molecule has 0 radical (unpaired) electrons. The minimum Gasteiger partial charge on any atom is -0.342 e. The van der Waals surface area contributed by atoms with Crippen molar-refractivity contribution >= 4 is 16.7 Å². The third kappa shape index (κ3) is 3.41. The predicted molar refractivity (Wildman–Crippen MR) is 72.7 cm³/mol. The normalized spacial score (nSPS) is 18.9. The van der Waals surface area contributed by atoms with E-state index in [4.69, 9.17) is 0 Å². The zero-order chi connectivity index (χ0) is 13.8. The van der Waals surface area contributed by atoms with Gasteiger partial charge < -0.3 is 4.90 Å². The van der Waals surface area contributed by atoms with Crippen LogP contribution in [0.5, 0.6) is 0 Å². The molecule has 2 unspecified atom stereocenters. The minimum atomic E-state index is -1.43. The molecule has 2 atom stereocenters. The van der Waals surface area contributed by atoms with Crippen molar-refractivity contribution in [1.82, 2.24) is 4.90 Å². The van der Waals surface area contributed by atoms with Crippen LogP contribution in [0.2, 0.25) is 0 Å². The molecule has 1 aromatic rings. The second-order valence-electron chi connectivity index (χ2n) is 4.78. The summed E-state index contributed by atoms with van der Waals surface area (Å²) in [5.41, 5.74) is 0. The first-order valence-electron chi connectivity index (χ1n) is 6.54. The lowest BCUT2D eigenvalue weighted by molar-refractivity contribution is -0.131. The molecule has 0 spiro atoms. The zero-order valence-electron chi connectivity index (χ0n) is 11.0. The summed E-state index contributed by atoms with van der Waals surface area (Å²) in [6, 6.07) is 5.49. The zero-order valence-corrected chi connectivity index (χ0v) is 11.8. The summed E-state index contributed by atoms with van der Waals surface area (Å²) in [6.45, 7) is 3.18. The molecule has 0 N–H and O–H groups in total. The highest BCUT2D eigenvalue weighted by molar-refractivity contribution is 7.86. The highest BCUT2D eigenvalue weighted by atomic mass is 32.2. The van der Waals surface area contributed by atoms with Gasteiger partial charge in [-0.1, -0.05) is 0 Å². The van der Waals surface area contributed by atoms with Crippen molar-refractivity contribution in [3.8, 4) is 0 Å². The Balaban J connectivity index is 2.05. The van der Waals surface area contributed by atoms with Crippen molar-refractivity contribution in [2.75, 3.05) is 13.1 Å². The topological polar surface area (TPSA) is 37.4 Å². The summed E-state index contributed by atoms with van der Waals surface area (Å²) in [5.74, 6) is -0.432. The first-order valence-corrected chi connectivity index (χ1v) is 7.76. The van der Waals surface area contributed by atoms with E-state index in [2.05, 4.69) is 0 Å². The van der Waals surface area contributed by atoms with Crippen LogP contribution in [-0.4, -0.2) is 33.4 Å².